The Hall–Kier alpha value is -1.94. The molecule has 2 aromatic carbocycles. The average Bonchev–Trinajstić information content (AvgIpc) is 2.38. The summed E-state index contributed by atoms with van der Waals surface area (Å²) >= 11 is 5.03. The maximum Gasteiger partial charge on any atom is 0.128 e. The molecule has 0 bridgehead atoms. The van der Waals surface area contributed by atoms with Crippen molar-refractivity contribution >= 4 is 22.9 Å². The third kappa shape index (κ3) is 3.29. The average molecular weight is 274 g/mol. The molecule has 0 fully saturated rings. The molecular weight excluding hydrogens is 259 g/mol. The quantitative estimate of drug-likeness (QED) is 0.839. The van der Waals surface area contributed by atoms with Gasteiger partial charge in [-0.15, -0.1) is 0 Å². The Labute approximate surface area is 117 Å². The van der Waals surface area contributed by atoms with Crippen LogP contribution in [0.5, 0.6) is 0 Å². The predicted molar refractivity (Wildman–Crippen MR) is 80.8 cm³/mol. The summed E-state index contributed by atoms with van der Waals surface area (Å²) in [5, 5.41) is 3.17. The van der Waals surface area contributed by atoms with Crippen molar-refractivity contribution in [2.75, 3.05) is 5.32 Å². The Kier molecular flexibility index (Phi) is 4.12. The van der Waals surface area contributed by atoms with Gasteiger partial charge in [0.2, 0.25) is 0 Å². The van der Waals surface area contributed by atoms with Crippen LogP contribution in [-0.4, -0.2) is 4.99 Å². The molecule has 0 atom stereocenters. The van der Waals surface area contributed by atoms with Crippen LogP contribution in [0.1, 0.15) is 16.7 Å². The van der Waals surface area contributed by atoms with Crippen LogP contribution in [-0.2, 0) is 6.54 Å². The second-order valence-corrected chi connectivity index (χ2v) is 4.80. The monoisotopic (exact) mass is 274 g/mol. The molecule has 2 rings (SSSR count). The van der Waals surface area contributed by atoms with E-state index in [1.165, 1.54) is 6.07 Å². The van der Waals surface area contributed by atoms with Gasteiger partial charge in [0.1, 0.15) is 10.8 Å². The van der Waals surface area contributed by atoms with E-state index in [9.17, 15) is 4.39 Å². The molecule has 0 saturated heterocycles. The van der Waals surface area contributed by atoms with E-state index in [1.54, 1.807) is 12.1 Å². The molecule has 0 amide bonds. The van der Waals surface area contributed by atoms with Gasteiger partial charge in [-0.3, -0.25) is 0 Å². The van der Waals surface area contributed by atoms with Gasteiger partial charge in [0.05, 0.1) is 0 Å². The van der Waals surface area contributed by atoms with Gasteiger partial charge in [-0.25, -0.2) is 4.39 Å². The molecular formula is C15H15FN2S. The lowest BCUT2D eigenvalue weighted by atomic mass is 10.1. The van der Waals surface area contributed by atoms with E-state index in [4.69, 9.17) is 18.0 Å². The lowest BCUT2D eigenvalue weighted by Gasteiger charge is -2.12. The maximum atomic E-state index is 13.5. The molecule has 0 aliphatic carbocycles. The zero-order valence-corrected chi connectivity index (χ0v) is 11.4. The van der Waals surface area contributed by atoms with Gasteiger partial charge < -0.3 is 11.1 Å². The van der Waals surface area contributed by atoms with Gasteiger partial charge in [-0.1, -0.05) is 42.0 Å². The summed E-state index contributed by atoms with van der Waals surface area (Å²) in [6, 6.07) is 12.5. The lowest BCUT2D eigenvalue weighted by molar-refractivity contribution is 0.613. The van der Waals surface area contributed by atoms with Crippen LogP contribution in [0.3, 0.4) is 0 Å². The summed E-state index contributed by atoms with van der Waals surface area (Å²) in [5.41, 5.74) is 8.99. The van der Waals surface area contributed by atoms with Crippen LogP contribution in [0.2, 0.25) is 0 Å². The number of hydrogen-bond donors (Lipinski definition) is 2. The fraction of sp³-hybridized carbons (Fsp3) is 0.133. The number of aryl methyl sites for hydroxylation is 1. The molecule has 0 aliphatic rings. The van der Waals surface area contributed by atoms with Crippen molar-refractivity contribution in [2.45, 2.75) is 13.5 Å². The van der Waals surface area contributed by atoms with Gasteiger partial charge >= 0.3 is 0 Å². The van der Waals surface area contributed by atoms with Crippen LogP contribution < -0.4 is 11.1 Å². The topological polar surface area (TPSA) is 38.0 Å². The highest BCUT2D eigenvalue weighted by atomic mass is 32.1. The smallest absolute Gasteiger partial charge is 0.128 e. The summed E-state index contributed by atoms with van der Waals surface area (Å²) in [7, 11) is 0. The highest BCUT2D eigenvalue weighted by Gasteiger charge is 2.06. The molecule has 0 heterocycles. The van der Waals surface area contributed by atoms with E-state index >= 15 is 0 Å². The van der Waals surface area contributed by atoms with Crippen LogP contribution >= 0.6 is 12.2 Å². The van der Waals surface area contributed by atoms with Crippen molar-refractivity contribution in [2.24, 2.45) is 5.73 Å². The molecule has 0 radical (unpaired) electrons. The summed E-state index contributed by atoms with van der Waals surface area (Å²) < 4.78 is 13.5. The van der Waals surface area contributed by atoms with Crippen LogP contribution in [0.4, 0.5) is 10.1 Å². The van der Waals surface area contributed by atoms with E-state index in [0.29, 0.717) is 17.1 Å². The third-order valence-corrected chi connectivity index (χ3v) is 3.09. The van der Waals surface area contributed by atoms with Gasteiger partial charge in [-0.2, -0.15) is 0 Å². The highest BCUT2D eigenvalue weighted by molar-refractivity contribution is 7.80. The molecule has 3 N–H and O–H groups in total. The standard InChI is InChI=1S/C15H15FN2S/c1-10-6-7-14(12(8-10)15(17)19)18-9-11-4-2-3-5-13(11)16/h2-8,18H,9H2,1H3,(H2,17,19). The van der Waals surface area contributed by atoms with Crippen molar-refractivity contribution in [3.05, 3.63) is 65.0 Å². The number of hydrogen-bond acceptors (Lipinski definition) is 2. The molecule has 0 saturated carbocycles. The Morgan fingerprint density at radius 2 is 2.00 bits per heavy atom. The summed E-state index contributed by atoms with van der Waals surface area (Å²) in [6.45, 7) is 2.37. The molecule has 98 valence electrons. The summed E-state index contributed by atoms with van der Waals surface area (Å²) in [4.78, 5) is 0.333. The Bertz CT molecular complexity index is 611. The second kappa shape index (κ2) is 5.80. The van der Waals surface area contributed by atoms with Crippen molar-refractivity contribution < 1.29 is 4.39 Å². The van der Waals surface area contributed by atoms with Gasteiger partial charge in [0.25, 0.3) is 0 Å². The molecule has 0 spiro atoms. The Morgan fingerprint density at radius 3 is 2.68 bits per heavy atom. The minimum absolute atomic E-state index is 0.223. The Morgan fingerprint density at radius 1 is 1.26 bits per heavy atom. The van der Waals surface area contributed by atoms with Crippen LogP contribution in [0.15, 0.2) is 42.5 Å². The van der Waals surface area contributed by atoms with Gasteiger partial charge in [0, 0.05) is 23.4 Å². The fourth-order valence-corrected chi connectivity index (χ4v) is 2.02. The first-order chi connectivity index (χ1) is 9.08. The summed E-state index contributed by atoms with van der Waals surface area (Å²) in [5.74, 6) is -0.223. The largest absolute Gasteiger partial charge is 0.389 e. The number of nitrogens with two attached hydrogens (primary N) is 1. The Balaban J connectivity index is 2.20. The van der Waals surface area contributed by atoms with Crippen molar-refractivity contribution in [3.63, 3.8) is 0 Å². The maximum absolute atomic E-state index is 13.5. The van der Waals surface area contributed by atoms with Crippen LogP contribution in [0.25, 0.3) is 0 Å². The van der Waals surface area contributed by atoms with Crippen molar-refractivity contribution in [1.82, 2.24) is 0 Å². The third-order valence-electron chi connectivity index (χ3n) is 2.87. The van der Waals surface area contributed by atoms with Gasteiger partial charge in [-0.05, 0) is 25.1 Å². The van der Waals surface area contributed by atoms with E-state index in [0.717, 1.165) is 16.8 Å². The number of thiocarbonyl (C=S) groups is 1. The highest BCUT2D eigenvalue weighted by Crippen LogP contribution is 2.19. The molecule has 2 nitrogen and oxygen atoms in total. The normalized spacial score (nSPS) is 10.2. The molecule has 0 aliphatic heterocycles. The van der Waals surface area contributed by atoms with E-state index in [-0.39, 0.29) is 5.82 Å². The SMILES string of the molecule is Cc1ccc(NCc2ccccc2F)c(C(N)=S)c1. The second-order valence-electron chi connectivity index (χ2n) is 4.36. The molecule has 4 heteroatoms. The minimum Gasteiger partial charge on any atom is -0.389 e. The van der Waals surface area contributed by atoms with Crippen molar-refractivity contribution in [3.8, 4) is 0 Å². The predicted octanol–water partition coefficient (Wildman–Crippen LogP) is 3.38. The first-order valence-electron chi connectivity index (χ1n) is 5.95. The summed E-state index contributed by atoms with van der Waals surface area (Å²) in [6.07, 6.45) is 0. The number of nitrogens with one attached hydrogen (secondary N) is 1. The van der Waals surface area contributed by atoms with Crippen molar-refractivity contribution in [1.29, 1.82) is 0 Å². The molecule has 0 aromatic heterocycles. The number of rotatable bonds is 4. The lowest BCUT2D eigenvalue weighted by Crippen LogP contribution is -2.13. The van der Waals surface area contributed by atoms with E-state index in [1.807, 2.05) is 31.2 Å². The molecule has 19 heavy (non-hydrogen) atoms. The zero-order chi connectivity index (χ0) is 13.8. The number of benzene rings is 2. The first-order valence-corrected chi connectivity index (χ1v) is 6.36. The fourth-order valence-electron chi connectivity index (χ4n) is 1.85. The van der Waals surface area contributed by atoms with Gasteiger partial charge in [0.15, 0.2) is 0 Å². The zero-order valence-electron chi connectivity index (χ0n) is 10.6. The van der Waals surface area contributed by atoms with Crippen LogP contribution in [0, 0.1) is 12.7 Å². The minimum atomic E-state index is -0.223. The number of anilines is 1. The van der Waals surface area contributed by atoms with E-state index in [2.05, 4.69) is 5.32 Å². The van der Waals surface area contributed by atoms with E-state index < -0.39 is 0 Å². The molecule has 0 unspecified atom stereocenters. The first kappa shape index (κ1) is 13.5. The number of halogens is 1. The molecule has 2 aromatic rings.